The topological polar surface area (TPSA) is 79.8 Å². The van der Waals surface area contributed by atoms with Gasteiger partial charge in [0, 0.05) is 24.9 Å². The molecule has 0 radical (unpaired) electrons. The molecule has 0 amide bonds. The highest BCUT2D eigenvalue weighted by Gasteiger charge is 2.20. The normalized spacial score (nSPS) is 12.1. The molecule has 1 rings (SSSR count). The van der Waals surface area contributed by atoms with Gasteiger partial charge in [0.15, 0.2) is 5.96 Å². The molecule has 0 aliphatic carbocycles. The summed E-state index contributed by atoms with van der Waals surface area (Å²) in [4.78, 5) is 4.63. The van der Waals surface area contributed by atoms with Gasteiger partial charge in [-0.25, -0.2) is 13.4 Å². The Hall–Kier alpha value is -1.29. The van der Waals surface area contributed by atoms with Gasteiger partial charge in [-0.2, -0.15) is 0 Å². The standard InChI is InChI=1S/C20H33N3O3S.HI/c1-6-13-26-18-11-9-8-10-17(18)15-22-19(21-7-2)23-16-20(3,4)12-14-27(5,24)25;/h6,8-11H,1,7,12-16H2,2-5H3,(H2,21,22,23);1H. The smallest absolute Gasteiger partial charge is 0.191 e. The predicted molar refractivity (Wildman–Crippen MR) is 128 cm³/mol. The fourth-order valence-corrected chi connectivity index (χ4v) is 3.23. The lowest BCUT2D eigenvalue weighted by molar-refractivity contribution is 0.348. The highest BCUT2D eigenvalue weighted by atomic mass is 127. The van der Waals surface area contributed by atoms with Crippen molar-refractivity contribution in [3.63, 3.8) is 0 Å². The molecule has 0 unspecified atom stereocenters. The fraction of sp³-hybridized carbons (Fsp3) is 0.550. The number of halogens is 1. The van der Waals surface area contributed by atoms with Crippen molar-refractivity contribution in [2.24, 2.45) is 10.4 Å². The molecule has 0 bridgehead atoms. The van der Waals surface area contributed by atoms with Crippen LogP contribution in [0.2, 0.25) is 0 Å². The van der Waals surface area contributed by atoms with Crippen LogP contribution in [0.1, 0.15) is 32.8 Å². The van der Waals surface area contributed by atoms with E-state index in [2.05, 4.69) is 22.2 Å². The van der Waals surface area contributed by atoms with Gasteiger partial charge in [0.1, 0.15) is 22.2 Å². The zero-order valence-corrected chi connectivity index (χ0v) is 20.5. The van der Waals surface area contributed by atoms with E-state index >= 15 is 0 Å². The number of nitrogens with zero attached hydrogens (tertiary/aromatic N) is 1. The molecule has 0 heterocycles. The number of nitrogens with one attached hydrogen (secondary N) is 2. The summed E-state index contributed by atoms with van der Waals surface area (Å²) in [5.74, 6) is 1.68. The Bertz CT molecular complexity index is 734. The molecule has 0 aromatic heterocycles. The number of hydrogen-bond acceptors (Lipinski definition) is 4. The summed E-state index contributed by atoms with van der Waals surface area (Å²) in [6.45, 7) is 12.1. The number of ether oxygens (including phenoxy) is 1. The number of sulfone groups is 1. The minimum Gasteiger partial charge on any atom is -0.489 e. The second-order valence-electron chi connectivity index (χ2n) is 7.30. The van der Waals surface area contributed by atoms with Crippen molar-refractivity contribution in [3.05, 3.63) is 42.5 Å². The van der Waals surface area contributed by atoms with Crippen LogP contribution >= 0.6 is 24.0 Å². The third-order valence-electron chi connectivity index (χ3n) is 3.97. The van der Waals surface area contributed by atoms with Crippen LogP contribution in [0, 0.1) is 5.41 Å². The van der Waals surface area contributed by atoms with Gasteiger partial charge in [0.05, 0.1) is 12.3 Å². The first-order chi connectivity index (χ1) is 12.7. The van der Waals surface area contributed by atoms with Crippen LogP contribution in [-0.4, -0.2) is 46.1 Å². The van der Waals surface area contributed by atoms with Crippen LogP contribution < -0.4 is 15.4 Å². The van der Waals surface area contributed by atoms with Crippen molar-refractivity contribution in [3.8, 4) is 5.75 Å². The van der Waals surface area contributed by atoms with Crippen molar-refractivity contribution >= 4 is 39.8 Å². The minimum absolute atomic E-state index is 0. The van der Waals surface area contributed by atoms with Gasteiger partial charge in [-0.05, 0) is 24.8 Å². The summed E-state index contributed by atoms with van der Waals surface area (Å²) in [6.07, 6.45) is 3.58. The molecule has 0 aliphatic rings. The Balaban J connectivity index is 0.00000729. The molecule has 0 aliphatic heterocycles. The highest BCUT2D eigenvalue weighted by Crippen LogP contribution is 2.20. The van der Waals surface area contributed by atoms with Gasteiger partial charge in [-0.15, -0.1) is 24.0 Å². The van der Waals surface area contributed by atoms with Crippen LogP contribution in [0.15, 0.2) is 41.9 Å². The Morgan fingerprint density at radius 1 is 1.29 bits per heavy atom. The number of para-hydroxylation sites is 1. The Labute approximate surface area is 187 Å². The molecular formula is C20H34IN3O3S. The van der Waals surface area contributed by atoms with Crippen molar-refractivity contribution in [1.29, 1.82) is 0 Å². The molecule has 0 fully saturated rings. The summed E-state index contributed by atoms with van der Waals surface area (Å²) in [5, 5.41) is 6.54. The van der Waals surface area contributed by atoms with E-state index in [0.717, 1.165) is 17.9 Å². The van der Waals surface area contributed by atoms with E-state index in [0.29, 0.717) is 32.1 Å². The van der Waals surface area contributed by atoms with Gasteiger partial charge in [0.25, 0.3) is 0 Å². The third-order valence-corrected chi connectivity index (χ3v) is 4.91. The van der Waals surface area contributed by atoms with E-state index in [1.807, 2.05) is 45.0 Å². The SMILES string of the molecule is C=CCOc1ccccc1CN=C(NCC)NCC(C)(C)CCS(C)(=O)=O.I. The largest absolute Gasteiger partial charge is 0.489 e. The van der Waals surface area contributed by atoms with Crippen molar-refractivity contribution in [2.75, 3.05) is 31.7 Å². The van der Waals surface area contributed by atoms with Crippen molar-refractivity contribution in [2.45, 2.75) is 33.7 Å². The lowest BCUT2D eigenvalue weighted by Gasteiger charge is -2.25. The quantitative estimate of drug-likeness (QED) is 0.201. The maximum atomic E-state index is 11.4. The highest BCUT2D eigenvalue weighted by molar-refractivity contribution is 14.0. The van der Waals surface area contributed by atoms with Gasteiger partial charge < -0.3 is 15.4 Å². The Kier molecular flexibility index (Phi) is 12.4. The molecular weight excluding hydrogens is 489 g/mol. The van der Waals surface area contributed by atoms with Crippen LogP contribution in [0.5, 0.6) is 5.75 Å². The van der Waals surface area contributed by atoms with Gasteiger partial charge in [-0.1, -0.05) is 44.7 Å². The van der Waals surface area contributed by atoms with E-state index in [9.17, 15) is 8.42 Å². The maximum Gasteiger partial charge on any atom is 0.191 e. The molecule has 0 saturated carbocycles. The lowest BCUT2D eigenvalue weighted by Crippen LogP contribution is -2.42. The second-order valence-corrected chi connectivity index (χ2v) is 9.56. The van der Waals surface area contributed by atoms with Crippen LogP contribution in [-0.2, 0) is 16.4 Å². The molecule has 2 N–H and O–H groups in total. The predicted octanol–water partition coefficient (Wildman–Crippen LogP) is 3.39. The molecule has 0 saturated heterocycles. The molecule has 0 atom stereocenters. The lowest BCUT2D eigenvalue weighted by atomic mass is 9.90. The van der Waals surface area contributed by atoms with Gasteiger partial charge in [0.2, 0.25) is 0 Å². The molecule has 1 aromatic rings. The van der Waals surface area contributed by atoms with E-state index in [4.69, 9.17) is 4.74 Å². The monoisotopic (exact) mass is 523 g/mol. The van der Waals surface area contributed by atoms with Gasteiger partial charge in [-0.3, -0.25) is 0 Å². The first-order valence-corrected chi connectivity index (χ1v) is 11.2. The van der Waals surface area contributed by atoms with E-state index in [-0.39, 0.29) is 35.1 Å². The van der Waals surface area contributed by atoms with E-state index in [1.54, 1.807) is 6.08 Å². The maximum absolute atomic E-state index is 11.4. The third kappa shape index (κ3) is 11.5. The zero-order chi connectivity index (χ0) is 20.3. The van der Waals surface area contributed by atoms with Crippen molar-refractivity contribution in [1.82, 2.24) is 10.6 Å². The average Bonchev–Trinajstić information content (AvgIpc) is 2.61. The summed E-state index contributed by atoms with van der Waals surface area (Å²) in [5.41, 5.74) is 0.831. The van der Waals surface area contributed by atoms with Gasteiger partial charge >= 0.3 is 0 Å². The number of rotatable bonds is 11. The molecule has 28 heavy (non-hydrogen) atoms. The molecule has 160 valence electrons. The van der Waals surface area contributed by atoms with E-state index < -0.39 is 9.84 Å². The average molecular weight is 523 g/mol. The molecule has 0 spiro atoms. The molecule has 6 nitrogen and oxygen atoms in total. The summed E-state index contributed by atoms with van der Waals surface area (Å²) < 4.78 is 28.5. The first-order valence-electron chi connectivity index (χ1n) is 9.18. The van der Waals surface area contributed by atoms with Crippen LogP contribution in [0.4, 0.5) is 0 Å². The first kappa shape index (κ1) is 26.7. The Morgan fingerprint density at radius 2 is 1.96 bits per heavy atom. The zero-order valence-electron chi connectivity index (χ0n) is 17.3. The van der Waals surface area contributed by atoms with Crippen LogP contribution in [0.3, 0.4) is 0 Å². The number of benzene rings is 1. The van der Waals surface area contributed by atoms with E-state index in [1.165, 1.54) is 6.26 Å². The summed E-state index contributed by atoms with van der Waals surface area (Å²) >= 11 is 0. The molecule has 1 aromatic carbocycles. The molecule has 8 heteroatoms. The number of aliphatic imine (C=N–C) groups is 1. The number of hydrogen-bond donors (Lipinski definition) is 2. The summed E-state index contributed by atoms with van der Waals surface area (Å²) in [6, 6.07) is 7.80. The minimum atomic E-state index is -2.96. The second kappa shape index (κ2) is 13.0. The van der Waals surface area contributed by atoms with Crippen LogP contribution in [0.25, 0.3) is 0 Å². The number of guanidine groups is 1. The summed E-state index contributed by atoms with van der Waals surface area (Å²) in [7, 11) is -2.96. The van der Waals surface area contributed by atoms with Crippen molar-refractivity contribution < 1.29 is 13.2 Å². The fourth-order valence-electron chi connectivity index (χ4n) is 2.30. The Morgan fingerprint density at radius 3 is 2.57 bits per heavy atom.